The molecule has 0 rings (SSSR count). The van der Waals surface area contributed by atoms with E-state index in [2.05, 4.69) is 13.8 Å². The second-order valence-electron chi connectivity index (χ2n) is 10.8. The minimum atomic E-state index is -0.327. The molecule has 0 aromatic heterocycles. The first-order chi connectivity index (χ1) is 17.2. The van der Waals surface area contributed by atoms with Crippen molar-refractivity contribution in [2.24, 2.45) is 0 Å². The van der Waals surface area contributed by atoms with Gasteiger partial charge in [0.25, 0.3) is 0 Å². The summed E-state index contributed by atoms with van der Waals surface area (Å²) in [5.74, 6) is -0.653. The molecule has 4 heteroatoms. The molecule has 0 spiro atoms. The average Bonchev–Trinajstić information content (AvgIpc) is 2.85. The molecule has 0 unspecified atom stereocenters. The Balaban J connectivity index is 0. The van der Waals surface area contributed by atoms with Gasteiger partial charge in [0.15, 0.2) is 0 Å². The van der Waals surface area contributed by atoms with Gasteiger partial charge in [0, 0.05) is 12.8 Å². The fourth-order valence-corrected chi connectivity index (χ4v) is 4.80. The van der Waals surface area contributed by atoms with Crippen LogP contribution in [0.5, 0.6) is 0 Å². The van der Waals surface area contributed by atoms with E-state index in [1.54, 1.807) is 0 Å². The van der Waals surface area contributed by atoms with Crippen LogP contribution in [0.15, 0.2) is 0 Å². The third-order valence-electron chi connectivity index (χ3n) is 7.20. The van der Waals surface area contributed by atoms with E-state index in [1.165, 1.54) is 141 Å². The third-order valence-corrected chi connectivity index (χ3v) is 7.20. The van der Waals surface area contributed by atoms with Crippen LogP contribution in [0.4, 0.5) is 0 Å². The van der Waals surface area contributed by atoms with Crippen molar-refractivity contribution < 1.29 is 14.3 Å². The number of hydrogen-bond donors (Lipinski definition) is 0. The molecule has 0 aliphatic carbocycles. The van der Waals surface area contributed by atoms with Crippen molar-refractivity contribution in [3.63, 3.8) is 0 Å². The first-order valence-corrected chi connectivity index (χ1v) is 15.9. The number of unbranched alkanes of at least 4 members (excludes halogenated alkanes) is 24. The molecule has 212 valence electrons. The summed E-state index contributed by atoms with van der Waals surface area (Å²) in [5, 5.41) is 0. The Morgan fingerprint density at radius 2 is 0.556 bits per heavy atom. The second kappa shape index (κ2) is 32.9. The van der Waals surface area contributed by atoms with E-state index >= 15 is 0 Å². The average molecular weight is 521 g/mol. The van der Waals surface area contributed by atoms with Crippen LogP contribution in [0.1, 0.15) is 194 Å². The number of rotatable bonds is 28. The highest BCUT2D eigenvalue weighted by Crippen LogP contribution is 2.15. The van der Waals surface area contributed by atoms with Crippen LogP contribution in [0.2, 0.25) is 0 Å². The van der Waals surface area contributed by atoms with Crippen molar-refractivity contribution in [1.29, 1.82) is 0 Å². The summed E-state index contributed by atoms with van der Waals surface area (Å²) in [6.45, 7) is 4.53. The van der Waals surface area contributed by atoms with Crippen molar-refractivity contribution in [1.82, 2.24) is 0 Å². The molecule has 0 saturated carbocycles. The lowest BCUT2D eigenvalue weighted by Crippen LogP contribution is -2.11. The molecule has 0 aromatic carbocycles. The topological polar surface area (TPSA) is 43.4 Å². The zero-order chi connectivity index (χ0) is 25.7. The molecule has 0 aliphatic heterocycles. The quantitative estimate of drug-likeness (QED) is 0.0446. The smallest absolute Gasteiger partial charge is 0.316 e. The van der Waals surface area contributed by atoms with E-state index in [0.29, 0.717) is 12.8 Å². The number of esters is 2. The van der Waals surface area contributed by atoms with E-state index in [1.807, 2.05) is 0 Å². The highest BCUT2D eigenvalue weighted by atomic mass is 24.3. The zero-order valence-corrected chi connectivity index (χ0v) is 24.0. The van der Waals surface area contributed by atoms with Gasteiger partial charge in [-0.15, -0.1) is 0 Å². The first kappa shape index (κ1) is 38.1. The minimum Gasteiger partial charge on any atom is -0.393 e. The third kappa shape index (κ3) is 31.9. The fraction of sp³-hybridized carbons (Fsp3) is 0.938. The van der Waals surface area contributed by atoms with Crippen LogP contribution in [0.3, 0.4) is 0 Å². The number of carbonyl (C=O) groups excluding carboxylic acids is 2. The Hall–Kier alpha value is -0.0938. The van der Waals surface area contributed by atoms with Crippen LogP contribution in [-0.4, -0.2) is 35.0 Å². The van der Waals surface area contributed by atoms with Gasteiger partial charge in [0.1, 0.15) is 0 Å². The maximum absolute atomic E-state index is 11.8. The molecular weight excluding hydrogens is 457 g/mol. The van der Waals surface area contributed by atoms with E-state index in [0.717, 1.165) is 25.7 Å². The molecule has 0 aliphatic rings. The molecular formula is C32H64MgO3. The van der Waals surface area contributed by atoms with Crippen molar-refractivity contribution in [2.45, 2.75) is 194 Å². The van der Waals surface area contributed by atoms with Crippen LogP contribution < -0.4 is 0 Å². The van der Waals surface area contributed by atoms with Crippen molar-refractivity contribution in [3.05, 3.63) is 0 Å². The van der Waals surface area contributed by atoms with Gasteiger partial charge in [0.2, 0.25) is 0 Å². The van der Waals surface area contributed by atoms with E-state index < -0.39 is 0 Å². The van der Waals surface area contributed by atoms with E-state index in [-0.39, 0.29) is 35.0 Å². The van der Waals surface area contributed by atoms with Gasteiger partial charge >= 0.3 is 35.0 Å². The maximum Gasteiger partial charge on any atom is 0.316 e. The zero-order valence-electron chi connectivity index (χ0n) is 24.0. The van der Waals surface area contributed by atoms with Crippen molar-refractivity contribution in [2.75, 3.05) is 0 Å². The summed E-state index contributed by atoms with van der Waals surface area (Å²) in [6, 6.07) is 0. The molecule has 0 radical (unpaired) electrons. The summed E-state index contributed by atoms with van der Waals surface area (Å²) in [7, 11) is 0. The van der Waals surface area contributed by atoms with E-state index in [9.17, 15) is 9.59 Å². The highest BCUT2D eigenvalue weighted by Gasteiger charge is 2.09. The van der Waals surface area contributed by atoms with Crippen LogP contribution in [-0.2, 0) is 14.3 Å². The second-order valence-corrected chi connectivity index (χ2v) is 10.8. The first-order valence-electron chi connectivity index (χ1n) is 15.9. The lowest BCUT2D eigenvalue weighted by molar-refractivity contribution is -0.159. The fourth-order valence-electron chi connectivity index (χ4n) is 4.80. The Labute approximate surface area is 242 Å². The predicted octanol–water partition coefficient (Wildman–Crippen LogP) is 10.1. The van der Waals surface area contributed by atoms with Crippen LogP contribution >= 0.6 is 0 Å². The van der Waals surface area contributed by atoms with Gasteiger partial charge in [-0.05, 0) is 12.8 Å². The largest absolute Gasteiger partial charge is 0.393 e. The Kier molecular flexibility index (Phi) is 34.8. The van der Waals surface area contributed by atoms with Gasteiger partial charge in [0.05, 0.1) is 0 Å². The standard InChI is InChI=1S/C32H62O3.Mg.2H/c1-3-5-7-9-11-13-15-16-17-18-20-22-24-26-28-30-32(34)35-31(33)29-27-25-23-21-19-14-12-10-8-6-4-2;;;/h3-30H2,1-2H3;;;. The normalized spacial score (nSPS) is 10.8. The Morgan fingerprint density at radius 1 is 0.361 bits per heavy atom. The summed E-state index contributed by atoms with van der Waals surface area (Å²) in [4.78, 5) is 23.7. The molecule has 0 fully saturated rings. The van der Waals surface area contributed by atoms with Gasteiger partial charge in [-0.2, -0.15) is 0 Å². The molecule has 0 N–H and O–H groups in total. The maximum atomic E-state index is 11.8. The SMILES string of the molecule is CCCCCCCCCCCCCCCCCC(=O)OC(=O)CCCCCCCCCCCCC.[MgH2]. The molecule has 0 bridgehead atoms. The molecule has 3 nitrogen and oxygen atoms in total. The monoisotopic (exact) mass is 520 g/mol. The lowest BCUT2D eigenvalue weighted by atomic mass is 10.0. The predicted molar refractivity (Wildman–Crippen MR) is 160 cm³/mol. The van der Waals surface area contributed by atoms with Crippen LogP contribution in [0, 0.1) is 0 Å². The number of hydrogen-bond acceptors (Lipinski definition) is 3. The summed E-state index contributed by atoms with van der Waals surface area (Å²) < 4.78 is 4.98. The number of ether oxygens (including phenoxy) is 1. The molecule has 36 heavy (non-hydrogen) atoms. The summed E-state index contributed by atoms with van der Waals surface area (Å²) in [5.41, 5.74) is 0. The van der Waals surface area contributed by atoms with Gasteiger partial charge in [-0.3, -0.25) is 9.59 Å². The van der Waals surface area contributed by atoms with Crippen molar-refractivity contribution in [3.8, 4) is 0 Å². The van der Waals surface area contributed by atoms with Crippen molar-refractivity contribution >= 4 is 35.0 Å². The molecule has 0 amide bonds. The Morgan fingerprint density at radius 3 is 0.778 bits per heavy atom. The molecule has 0 aromatic rings. The van der Waals surface area contributed by atoms with Gasteiger partial charge < -0.3 is 4.74 Å². The number of carbonyl (C=O) groups is 2. The molecule has 0 atom stereocenters. The summed E-state index contributed by atoms with van der Waals surface area (Å²) >= 11 is 0. The van der Waals surface area contributed by atoms with Gasteiger partial charge in [-0.25, -0.2) is 0 Å². The molecule has 0 saturated heterocycles. The van der Waals surface area contributed by atoms with Crippen LogP contribution in [0.25, 0.3) is 0 Å². The summed E-state index contributed by atoms with van der Waals surface area (Å²) in [6.07, 6.45) is 34.3. The lowest BCUT2D eigenvalue weighted by Gasteiger charge is -2.05. The van der Waals surface area contributed by atoms with Gasteiger partial charge in [-0.1, -0.05) is 168 Å². The minimum absolute atomic E-state index is 0. The highest BCUT2D eigenvalue weighted by molar-refractivity contribution is 5.85. The Bertz CT molecular complexity index is 453. The molecule has 0 heterocycles. The van der Waals surface area contributed by atoms with E-state index in [4.69, 9.17) is 4.74 Å².